The zero-order chi connectivity index (χ0) is 14.4. The molecule has 0 aliphatic heterocycles. The number of aryl methyl sites for hydroxylation is 1. The number of esters is 1. The maximum absolute atomic E-state index is 11.8. The zero-order valence-electron chi connectivity index (χ0n) is 11.7. The molecule has 0 aliphatic rings. The third-order valence-electron chi connectivity index (χ3n) is 3.31. The molecule has 1 N–H and O–H groups in total. The van der Waals surface area contributed by atoms with Gasteiger partial charge in [-0.2, -0.15) is 0 Å². The molecule has 1 aromatic heterocycles. The first kappa shape index (κ1) is 15.0. The van der Waals surface area contributed by atoms with E-state index in [1.165, 1.54) is 15.6 Å². The molecule has 3 nitrogen and oxygen atoms in total. The van der Waals surface area contributed by atoms with Crippen molar-refractivity contribution in [2.45, 2.75) is 32.6 Å². The van der Waals surface area contributed by atoms with Crippen LogP contribution in [0.15, 0.2) is 24.3 Å². The fourth-order valence-electron chi connectivity index (χ4n) is 2.15. The van der Waals surface area contributed by atoms with E-state index in [2.05, 4.69) is 19.1 Å². The van der Waals surface area contributed by atoms with E-state index in [0.29, 0.717) is 13.0 Å². The summed E-state index contributed by atoms with van der Waals surface area (Å²) in [6.45, 7) is 2.71. The third-order valence-corrected chi connectivity index (χ3v) is 4.59. The molecule has 2 rings (SSSR count). The number of thiophene rings is 1. The van der Waals surface area contributed by atoms with Gasteiger partial charge in [0.1, 0.15) is 0 Å². The summed E-state index contributed by atoms with van der Waals surface area (Å²) in [4.78, 5) is 12.9. The van der Waals surface area contributed by atoms with E-state index in [4.69, 9.17) is 9.84 Å². The number of carbonyl (C=O) groups is 1. The number of aliphatic hydroxyl groups is 1. The van der Waals surface area contributed by atoms with E-state index in [0.717, 1.165) is 24.1 Å². The van der Waals surface area contributed by atoms with E-state index in [9.17, 15) is 4.79 Å². The Balaban J connectivity index is 1.88. The molecule has 0 saturated carbocycles. The van der Waals surface area contributed by atoms with Gasteiger partial charge in [0, 0.05) is 16.2 Å². The van der Waals surface area contributed by atoms with Crippen LogP contribution in [0.2, 0.25) is 0 Å². The normalized spacial score (nSPS) is 10.9. The summed E-state index contributed by atoms with van der Waals surface area (Å²) in [5.41, 5.74) is 1.18. The van der Waals surface area contributed by atoms with E-state index >= 15 is 0 Å². The van der Waals surface area contributed by atoms with Gasteiger partial charge in [0.25, 0.3) is 0 Å². The van der Waals surface area contributed by atoms with Gasteiger partial charge in [-0.3, -0.25) is 4.79 Å². The van der Waals surface area contributed by atoms with Crippen molar-refractivity contribution in [1.29, 1.82) is 0 Å². The number of unbranched alkanes of at least 4 members (excludes halogenated alkanes) is 2. The number of benzene rings is 1. The second kappa shape index (κ2) is 7.41. The molecule has 0 amide bonds. The molecule has 0 unspecified atom stereocenters. The third kappa shape index (κ3) is 3.81. The molecule has 0 radical (unpaired) electrons. The van der Waals surface area contributed by atoms with Crippen molar-refractivity contribution in [3.63, 3.8) is 0 Å². The molecule has 0 bridgehead atoms. The number of rotatable bonds is 7. The van der Waals surface area contributed by atoms with Crippen LogP contribution in [0, 0.1) is 6.92 Å². The minimum atomic E-state index is -0.163. The maximum atomic E-state index is 11.8. The number of aliphatic hydroxyl groups excluding tert-OH is 1. The summed E-state index contributed by atoms with van der Waals surface area (Å²) in [6.07, 6.45) is 2.83. The molecule has 0 aliphatic carbocycles. The van der Waals surface area contributed by atoms with Gasteiger partial charge in [-0.25, -0.2) is 0 Å². The SMILES string of the molecule is Cc1c(CC(=O)OCCCCCO)sc2ccccc12. The van der Waals surface area contributed by atoms with Gasteiger partial charge in [0.05, 0.1) is 13.0 Å². The highest BCUT2D eigenvalue weighted by atomic mass is 32.1. The lowest BCUT2D eigenvalue weighted by Gasteiger charge is -2.04. The van der Waals surface area contributed by atoms with E-state index in [1.54, 1.807) is 11.3 Å². The highest BCUT2D eigenvalue weighted by molar-refractivity contribution is 7.19. The Hall–Kier alpha value is -1.39. The van der Waals surface area contributed by atoms with Gasteiger partial charge in [0.2, 0.25) is 0 Å². The van der Waals surface area contributed by atoms with Crippen molar-refractivity contribution in [1.82, 2.24) is 0 Å². The van der Waals surface area contributed by atoms with Crippen LogP contribution in [0.1, 0.15) is 29.7 Å². The summed E-state index contributed by atoms with van der Waals surface area (Å²) in [7, 11) is 0. The second-order valence-electron chi connectivity index (χ2n) is 4.83. The molecular weight excluding hydrogens is 272 g/mol. The Morgan fingerprint density at radius 3 is 2.80 bits per heavy atom. The smallest absolute Gasteiger partial charge is 0.311 e. The number of hydrogen-bond acceptors (Lipinski definition) is 4. The monoisotopic (exact) mass is 292 g/mol. The highest BCUT2D eigenvalue weighted by Crippen LogP contribution is 2.30. The molecule has 1 aromatic carbocycles. The summed E-state index contributed by atoms with van der Waals surface area (Å²) < 4.78 is 6.45. The van der Waals surface area contributed by atoms with Crippen molar-refractivity contribution >= 4 is 27.4 Å². The highest BCUT2D eigenvalue weighted by Gasteiger charge is 2.12. The molecule has 0 atom stereocenters. The topological polar surface area (TPSA) is 46.5 Å². The predicted octanol–water partition coefficient (Wildman–Crippen LogP) is 3.46. The van der Waals surface area contributed by atoms with Crippen LogP contribution in [-0.4, -0.2) is 24.3 Å². The quantitative estimate of drug-likeness (QED) is 0.628. The standard InChI is InChI=1S/C16H20O3S/c1-12-13-7-3-4-8-14(13)20-15(12)11-16(18)19-10-6-2-5-9-17/h3-4,7-8,17H,2,5-6,9-11H2,1H3. The van der Waals surface area contributed by atoms with Gasteiger partial charge in [-0.05, 0) is 43.2 Å². The van der Waals surface area contributed by atoms with Gasteiger partial charge in [0.15, 0.2) is 0 Å². The van der Waals surface area contributed by atoms with Crippen molar-refractivity contribution in [3.05, 3.63) is 34.7 Å². The first-order valence-corrected chi connectivity index (χ1v) is 7.77. The van der Waals surface area contributed by atoms with Gasteiger partial charge >= 0.3 is 5.97 Å². The first-order valence-electron chi connectivity index (χ1n) is 6.96. The minimum absolute atomic E-state index is 0.163. The predicted molar refractivity (Wildman–Crippen MR) is 82.2 cm³/mol. The summed E-state index contributed by atoms with van der Waals surface area (Å²) in [6, 6.07) is 8.20. The molecule has 0 saturated heterocycles. The maximum Gasteiger partial charge on any atom is 0.311 e. The molecule has 2 aromatic rings. The summed E-state index contributed by atoms with van der Waals surface area (Å²) >= 11 is 1.67. The van der Waals surface area contributed by atoms with Crippen LogP contribution >= 0.6 is 11.3 Å². The van der Waals surface area contributed by atoms with Crippen molar-refractivity contribution in [2.24, 2.45) is 0 Å². The Morgan fingerprint density at radius 2 is 2.05 bits per heavy atom. The Bertz CT molecular complexity index is 574. The molecular formula is C16H20O3S. The zero-order valence-corrected chi connectivity index (χ0v) is 12.5. The van der Waals surface area contributed by atoms with Gasteiger partial charge in [-0.15, -0.1) is 11.3 Å². The van der Waals surface area contributed by atoms with E-state index in [1.807, 2.05) is 12.1 Å². The lowest BCUT2D eigenvalue weighted by molar-refractivity contribution is -0.142. The summed E-state index contributed by atoms with van der Waals surface area (Å²) in [5.74, 6) is -0.163. The number of hydrogen-bond donors (Lipinski definition) is 1. The molecule has 1 heterocycles. The van der Waals surface area contributed by atoms with Crippen LogP contribution in [0.4, 0.5) is 0 Å². The Kier molecular flexibility index (Phi) is 5.56. The Labute approximate surface area is 123 Å². The largest absolute Gasteiger partial charge is 0.465 e. The number of fused-ring (bicyclic) bond motifs is 1. The summed E-state index contributed by atoms with van der Waals surface area (Å²) in [5, 5.41) is 9.89. The molecule has 0 spiro atoms. The van der Waals surface area contributed by atoms with Crippen LogP contribution < -0.4 is 0 Å². The minimum Gasteiger partial charge on any atom is -0.465 e. The molecule has 20 heavy (non-hydrogen) atoms. The second-order valence-corrected chi connectivity index (χ2v) is 5.96. The van der Waals surface area contributed by atoms with Crippen LogP contribution in [0.25, 0.3) is 10.1 Å². The first-order chi connectivity index (χ1) is 9.72. The lowest BCUT2D eigenvalue weighted by Crippen LogP contribution is -2.09. The van der Waals surface area contributed by atoms with Gasteiger partial charge < -0.3 is 9.84 Å². The van der Waals surface area contributed by atoms with Crippen LogP contribution in [0.3, 0.4) is 0 Å². The fraction of sp³-hybridized carbons (Fsp3) is 0.438. The Morgan fingerprint density at radius 1 is 1.25 bits per heavy atom. The molecule has 4 heteroatoms. The average molecular weight is 292 g/mol. The lowest BCUT2D eigenvalue weighted by atomic mass is 10.1. The van der Waals surface area contributed by atoms with E-state index in [-0.39, 0.29) is 12.6 Å². The van der Waals surface area contributed by atoms with Crippen LogP contribution in [-0.2, 0) is 16.0 Å². The number of ether oxygens (including phenoxy) is 1. The molecule has 108 valence electrons. The average Bonchev–Trinajstić information content (AvgIpc) is 2.76. The molecule has 0 fully saturated rings. The van der Waals surface area contributed by atoms with Crippen molar-refractivity contribution in [3.8, 4) is 0 Å². The van der Waals surface area contributed by atoms with Crippen molar-refractivity contribution in [2.75, 3.05) is 13.2 Å². The van der Waals surface area contributed by atoms with Gasteiger partial charge in [-0.1, -0.05) is 18.2 Å². The number of carbonyl (C=O) groups excluding carboxylic acids is 1. The van der Waals surface area contributed by atoms with Crippen molar-refractivity contribution < 1.29 is 14.6 Å². The van der Waals surface area contributed by atoms with Crippen LogP contribution in [0.5, 0.6) is 0 Å². The fourth-order valence-corrected chi connectivity index (χ4v) is 3.35. The van der Waals surface area contributed by atoms with E-state index < -0.39 is 0 Å².